The minimum absolute atomic E-state index is 0.00686. The summed E-state index contributed by atoms with van der Waals surface area (Å²) in [5.74, 6) is -0.290. The quantitative estimate of drug-likeness (QED) is 0.514. The van der Waals surface area contributed by atoms with Gasteiger partial charge in [-0.25, -0.2) is 0 Å². The Morgan fingerprint density at radius 3 is 2.62 bits per heavy atom. The molecule has 0 unspecified atom stereocenters. The fourth-order valence-corrected chi connectivity index (χ4v) is 2.44. The maximum absolute atomic E-state index is 12.2. The van der Waals surface area contributed by atoms with E-state index in [-0.39, 0.29) is 11.6 Å². The van der Waals surface area contributed by atoms with E-state index in [1.165, 1.54) is 18.2 Å². The van der Waals surface area contributed by atoms with Gasteiger partial charge in [-0.15, -0.1) is 0 Å². The van der Waals surface area contributed by atoms with Gasteiger partial charge in [0.25, 0.3) is 11.6 Å². The first-order valence-electron chi connectivity index (χ1n) is 6.23. The van der Waals surface area contributed by atoms with Crippen LogP contribution in [0.15, 0.2) is 42.5 Å². The molecule has 6 heteroatoms. The summed E-state index contributed by atoms with van der Waals surface area (Å²) in [6.07, 6.45) is 0. The number of nitrogens with one attached hydrogen (secondary N) is 1. The third kappa shape index (κ3) is 3.46. The maximum Gasteiger partial charge on any atom is 0.272 e. The van der Waals surface area contributed by atoms with Gasteiger partial charge in [-0.2, -0.15) is 0 Å². The van der Waals surface area contributed by atoms with E-state index in [2.05, 4.69) is 21.2 Å². The lowest BCUT2D eigenvalue weighted by molar-refractivity contribution is -0.385. The molecule has 0 spiro atoms. The number of nitrogens with zero attached hydrogens (tertiary/aromatic N) is 1. The van der Waals surface area contributed by atoms with Crippen LogP contribution in [0.2, 0.25) is 0 Å². The lowest BCUT2D eigenvalue weighted by Gasteiger charge is -2.09. The standard InChI is InChI=1S/C15H13BrN2O3/c1-10-8-11(6-7-14(10)18(20)21)15(19)17-13-5-3-2-4-12(13)9-16/h2-8H,9H2,1H3,(H,17,19). The predicted octanol–water partition coefficient (Wildman–Crippen LogP) is 4.05. The summed E-state index contributed by atoms with van der Waals surface area (Å²) in [5.41, 5.74) is 2.54. The molecule has 108 valence electrons. The molecule has 0 saturated carbocycles. The number of alkyl halides is 1. The predicted molar refractivity (Wildman–Crippen MR) is 84.9 cm³/mol. The highest BCUT2D eigenvalue weighted by molar-refractivity contribution is 9.08. The fourth-order valence-electron chi connectivity index (χ4n) is 1.95. The second-order valence-corrected chi connectivity index (χ2v) is 5.06. The zero-order chi connectivity index (χ0) is 15.4. The first kappa shape index (κ1) is 15.2. The minimum atomic E-state index is -0.461. The van der Waals surface area contributed by atoms with E-state index in [4.69, 9.17) is 0 Å². The highest BCUT2D eigenvalue weighted by atomic mass is 79.9. The number of anilines is 1. The Balaban J connectivity index is 2.25. The number of carbonyl (C=O) groups excluding carboxylic acids is 1. The first-order chi connectivity index (χ1) is 10.0. The third-order valence-electron chi connectivity index (χ3n) is 3.07. The number of rotatable bonds is 4. The summed E-state index contributed by atoms with van der Waals surface area (Å²) in [6, 6.07) is 11.8. The zero-order valence-corrected chi connectivity index (χ0v) is 12.9. The normalized spacial score (nSPS) is 10.2. The van der Waals surface area contributed by atoms with Crippen LogP contribution in [0, 0.1) is 17.0 Å². The molecule has 2 aromatic carbocycles. The highest BCUT2D eigenvalue weighted by Crippen LogP contribution is 2.21. The van der Waals surface area contributed by atoms with Gasteiger partial charge in [0.1, 0.15) is 0 Å². The molecule has 0 atom stereocenters. The van der Waals surface area contributed by atoms with Crippen molar-refractivity contribution in [2.75, 3.05) is 5.32 Å². The number of halogens is 1. The Morgan fingerprint density at radius 1 is 1.29 bits per heavy atom. The van der Waals surface area contributed by atoms with E-state index in [0.717, 1.165) is 11.3 Å². The second kappa shape index (κ2) is 6.49. The van der Waals surface area contributed by atoms with Gasteiger partial charge in [0, 0.05) is 28.2 Å². The monoisotopic (exact) mass is 348 g/mol. The number of benzene rings is 2. The van der Waals surface area contributed by atoms with E-state index in [9.17, 15) is 14.9 Å². The highest BCUT2D eigenvalue weighted by Gasteiger charge is 2.14. The molecule has 2 rings (SSSR count). The SMILES string of the molecule is Cc1cc(C(=O)Nc2ccccc2CBr)ccc1[N+](=O)[O-]. The van der Waals surface area contributed by atoms with Gasteiger partial charge in [-0.3, -0.25) is 14.9 Å². The van der Waals surface area contributed by atoms with Crippen molar-refractivity contribution in [2.45, 2.75) is 12.3 Å². The Hall–Kier alpha value is -2.21. The van der Waals surface area contributed by atoms with Gasteiger partial charge in [0.05, 0.1) is 4.92 Å². The Labute approximate surface area is 130 Å². The van der Waals surface area contributed by atoms with Crippen LogP contribution in [-0.4, -0.2) is 10.8 Å². The van der Waals surface area contributed by atoms with Gasteiger partial charge in [-0.1, -0.05) is 34.1 Å². The van der Waals surface area contributed by atoms with Crippen molar-refractivity contribution in [1.82, 2.24) is 0 Å². The summed E-state index contributed by atoms with van der Waals surface area (Å²) in [5, 5.41) is 14.2. The number of nitro benzene ring substituents is 1. The van der Waals surface area contributed by atoms with Crippen molar-refractivity contribution in [3.05, 3.63) is 69.3 Å². The number of hydrogen-bond acceptors (Lipinski definition) is 3. The molecule has 0 aromatic heterocycles. The molecule has 1 amide bonds. The van der Waals surface area contributed by atoms with Crippen LogP contribution in [0.1, 0.15) is 21.5 Å². The van der Waals surface area contributed by atoms with Crippen molar-refractivity contribution in [2.24, 2.45) is 0 Å². The molecule has 0 aliphatic heterocycles. The van der Waals surface area contributed by atoms with Gasteiger partial charge in [0.2, 0.25) is 0 Å². The summed E-state index contributed by atoms with van der Waals surface area (Å²) in [7, 11) is 0. The second-order valence-electron chi connectivity index (χ2n) is 4.50. The van der Waals surface area contributed by atoms with Crippen LogP contribution in [0.4, 0.5) is 11.4 Å². The lowest BCUT2D eigenvalue weighted by atomic mass is 10.1. The fraction of sp³-hybridized carbons (Fsp3) is 0.133. The molecule has 5 nitrogen and oxygen atoms in total. The van der Waals surface area contributed by atoms with Crippen LogP contribution in [0.3, 0.4) is 0 Å². The zero-order valence-electron chi connectivity index (χ0n) is 11.3. The van der Waals surface area contributed by atoms with Crippen LogP contribution < -0.4 is 5.32 Å². The number of aryl methyl sites for hydroxylation is 1. The van der Waals surface area contributed by atoms with Crippen molar-refractivity contribution in [3.8, 4) is 0 Å². The Bertz CT molecular complexity index is 701. The van der Waals surface area contributed by atoms with Gasteiger partial charge in [-0.05, 0) is 30.7 Å². The first-order valence-corrected chi connectivity index (χ1v) is 7.35. The molecule has 1 N–H and O–H groups in total. The third-order valence-corrected chi connectivity index (χ3v) is 3.67. The molecular formula is C15H13BrN2O3. The maximum atomic E-state index is 12.2. The molecule has 0 fully saturated rings. The van der Waals surface area contributed by atoms with Crippen molar-refractivity contribution < 1.29 is 9.72 Å². The number of amides is 1. The molecular weight excluding hydrogens is 336 g/mol. The summed E-state index contributed by atoms with van der Waals surface area (Å²) in [6.45, 7) is 1.61. The summed E-state index contributed by atoms with van der Waals surface area (Å²) in [4.78, 5) is 22.5. The summed E-state index contributed by atoms with van der Waals surface area (Å²) >= 11 is 3.37. The molecule has 2 aromatic rings. The van der Waals surface area contributed by atoms with Crippen molar-refractivity contribution >= 4 is 33.2 Å². The van der Waals surface area contributed by atoms with E-state index < -0.39 is 4.92 Å². The minimum Gasteiger partial charge on any atom is -0.322 e. The smallest absolute Gasteiger partial charge is 0.272 e. The van der Waals surface area contributed by atoms with E-state index in [0.29, 0.717) is 16.5 Å². The van der Waals surface area contributed by atoms with Gasteiger partial charge < -0.3 is 5.32 Å². The van der Waals surface area contributed by atoms with Crippen molar-refractivity contribution in [3.63, 3.8) is 0 Å². The molecule has 0 radical (unpaired) electrons. The van der Waals surface area contributed by atoms with Crippen molar-refractivity contribution in [1.29, 1.82) is 0 Å². The average molecular weight is 349 g/mol. The Morgan fingerprint density at radius 2 is 2.00 bits per heavy atom. The molecule has 0 bridgehead atoms. The number of para-hydroxylation sites is 1. The molecule has 0 aliphatic rings. The van der Waals surface area contributed by atoms with Gasteiger partial charge >= 0.3 is 0 Å². The van der Waals surface area contributed by atoms with Crippen LogP contribution >= 0.6 is 15.9 Å². The molecule has 0 aliphatic carbocycles. The number of hydrogen-bond donors (Lipinski definition) is 1. The Kier molecular flexibility index (Phi) is 4.70. The summed E-state index contributed by atoms with van der Waals surface area (Å²) < 4.78 is 0. The largest absolute Gasteiger partial charge is 0.322 e. The average Bonchev–Trinajstić information content (AvgIpc) is 2.47. The van der Waals surface area contributed by atoms with E-state index >= 15 is 0 Å². The number of carbonyl (C=O) groups is 1. The molecule has 0 saturated heterocycles. The number of nitro groups is 1. The van der Waals surface area contributed by atoms with Crippen LogP contribution in [0.25, 0.3) is 0 Å². The molecule has 21 heavy (non-hydrogen) atoms. The molecule has 0 heterocycles. The van der Waals surface area contributed by atoms with E-state index in [1.807, 2.05) is 24.3 Å². The van der Waals surface area contributed by atoms with E-state index in [1.54, 1.807) is 6.92 Å². The van der Waals surface area contributed by atoms with Gasteiger partial charge in [0.15, 0.2) is 0 Å². The van der Waals surface area contributed by atoms with Crippen LogP contribution in [0.5, 0.6) is 0 Å². The lowest BCUT2D eigenvalue weighted by Crippen LogP contribution is -2.13. The topological polar surface area (TPSA) is 72.2 Å². The van der Waals surface area contributed by atoms with Crippen LogP contribution in [-0.2, 0) is 5.33 Å².